The lowest BCUT2D eigenvalue weighted by Gasteiger charge is -2.21. The Morgan fingerprint density at radius 3 is 2.27 bits per heavy atom. The Bertz CT molecular complexity index is 717. The second kappa shape index (κ2) is 17.7. The first-order chi connectivity index (χ1) is 15.8. The second-order valence-corrected chi connectivity index (χ2v) is 8.33. The van der Waals surface area contributed by atoms with Crippen molar-refractivity contribution in [1.29, 1.82) is 0 Å². The number of unbranched alkanes of at least 4 members (excludes halogenated alkanes) is 1. The standard InChI is InChI=1S/C22H36N2O8S/c1-17(25)20(24-22(27)18-6-8-19(9-7-18)33(28)29)5-3-4-11-23-21(26)10-12-31-15-16-32-14-13-30-2/h6-9,20,22,24,27H,3-5,10-16H2,1-2H3,(H,23,26)(H,28,29). The maximum Gasteiger partial charge on any atom is 0.222 e. The minimum atomic E-state index is -2.09. The Labute approximate surface area is 197 Å². The topological polar surface area (TPSA) is 143 Å². The Morgan fingerprint density at radius 1 is 1.03 bits per heavy atom. The van der Waals surface area contributed by atoms with Crippen molar-refractivity contribution in [3.05, 3.63) is 29.8 Å². The number of Topliss-reactive ketones (excluding diaryl/α,β-unsaturated/α-hetero) is 1. The van der Waals surface area contributed by atoms with Gasteiger partial charge >= 0.3 is 0 Å². The van der Waals surface area contributed by atoms with E-state index in [0.29, 0.717) is 64.4 Å². The fraction of sp³-hybridized carbons (Fsp3) is 0.636. The van der Waals surface area contributed by atoms with Gasteiger partial charge in [0.05, 0.1) is 44.0 Å². The van der Waals surface area contributed by atoms with Crippen LogP contribution in [0.5, 0.6) is 0 Å². The van der Waals surface area contributed by atoms with E-state index >= 15 is 0 Å². The van der Waals surface area contributed by atoms with E-state index in [1.807, 2.05) is 0 Å². The molecule has 33 heavy (non-hydrogen) atoms. The maximum absolute atomic E-state index is 11.9. The first-order valence-electron chi connectivity index (χ1n) is 10.9. The molecular formula is C22H36N2O8S. The van der Waals surface area contributed by atoms with Crippen LogP contribution in [0.1, 0.15) is 44.4 Å². The molecule has 0 spiro atoms. The molecule has 0 fully saturated rings. The number of aliphatic hydroxyl groups is 1. The molecule has 188 valence electrons. The molecule has 1 rings (SSSR count). The fourth-order valence-corrected chi connectivity index (χ4v) is 3.24. The van der Waals surface area contributed by atoms with E-state index in [0.717, 1.165) is 0 Å². The van der Waals surface area contributed by atoms with E-state index < -0.39 is 23.4 Å². The van der Waals surface area contributed by atoms with Gasteiger partial charge in [0.25, 0.3) is 0 Å². The van der Waals surface area contributed by atoms with Crippen LogP contribution in [-0.2, 0) is 34.9 Å². The predicted molar refractivity (Wildman–Crippen MR) is 123 cm³/mol. The van der Waals surface area contributed by atoms with Gasteiger partial charge in [-0.1, -0.05) is 12.1 Å². The summed E-state index contributed by atoms with van der Waals surface area (Å²) in [7, 11) is 1.61. The summed E-state index contributed by atoms with van der Waals surface area (Å²) in [4.78, 5) is 24.0. The largest absolute Gasteiger partial charge is 0.382 e. The highest BCUT2D eigenvalue weighted by Crippen LogP contribution is 2.15. The third-order valence-corrected chi connectivity index (χ3v) is 5.44. The van der Waals surface area contributed by atoms with Crippen LogP contribution >= 0.6 is 0 Å². The first kappa shape index (κ1) is 29.3. The summed E-state index contributed by atoms with van der Waals surface area (Å²) in [5.41, 5.74) is 0.492. The van der Waals surface area contributed by atoms with Crippen LogP contribution < -0.4 is 10.6 Å². The molecule has 11 heteroatoms. The van der Waals surface area contributed by atoms with Crippen molar-refractivity contribution in [3.8, 4) is 0 Å². The van der Waals surface area contributed by atoms with Crippen LogP contribution in [0.15, 0.2) is 29.2 Å². The minimum absolute atomic E-state index is 0.0979. The van der Waals surface area contributed by atoms with Crippen molar-refractivity contribution < 1.29 is 37.7 Å². The Balaban J connectivity index is 2.19. The van der Waals surface area contributed by atoms with E-state index in [2.05, 4.69) is 10.6 Å². The first-order valence-corrected chi connectivity index (χ1v) is 12.0. The SMILES string of the molecule is COCCOCCOCCC(=O)NCCCCC(NC(O)c1ccc(S(=O)O)cc1)C(C)=O. The normalized spacial score (nSPS) is 13.9. The molecule has 3 unspecified atom stereocenters. The summed E-state index contributed by atoms with van der Waals surface area (Å²) in [6, 6.07) is 5.42. The number of hydrogen-bond acceptors (Lipinski definition) is 8. The van der Waals surface area contributed by atoms with E-state index in [9.17, 15) is 18.9 Å². The number of ether oxygens (including phenoxy) is 3. The number of nitrogens with one attached hydrogen (secondary N) is 2. The summed E-state index contributed by atoms with van der Waals surface area (Å²) in [5.74, 6) is -0.200. The van der Waals surface area contributed by atoms with Gasteiger partial charge in [-0.3, -0.25) is 14.9 Å². The van der Waals surface area contributed by atoms with E-state index in [1.165, 1.54) is 31.2 Å². The van der Waals surface area contributed by atoms with Crippen LogP contribution in [0.4, 0.5) is 0 Å². The zero-order valence-electron chi connectivity index (χ0n) is 19.3. The van der Waals surface area contributed by atoms with Gasteiger partial charge in [-0.2, -0.15) is 0 Å². The second-order valence-electron chi connectivity index (χ2n) is 7.36. The van der Waals surface area contributed by atoms with Gasteiger partial charge in [-0.15, -0.1) is 0 Å². The smallest absolute Gasteiger partial charge is 0.222 e. The van der Waals surface area contributed by atoms with Gasteiger partial charge in [0.2, 0.25) is 5.91 Å². The van der Waals surface area contributed by atoms with E-state index in [4.69, 9.17) is 18.8 Å². The highest BCUT2D eigenvalue weighted by molar-refractivity contribution is 7.79. The van der Waals surface area contributed by atoms with Gasteiger partial charge in [0.1, 0.15) is 12.0 Å². The number of aliphatic hydroxyl groups excluding tert-OH is 1. The molecule has 0 aliphatic heterocycles. The predicted octanol–water partition coefficient (Wildman–Crippen LogP) is 1.16. The van der Waals surface area contributed by atoms with Crippen molar-refractivity contribution in [2.45, 2.75) is 49.8 Å². The average molecular weight is 489 g/mol. The summed E-state index contributed by atoms with van der Waals surface area (Å²) >= 11 is -2.09. The Kier molecular flexibility index (Phi) is 15.7. The van der Waals surface area contributed by atoms with Crippen molar-refractivity contribution in [1.82, 2.24) is 10.6 Å². The Hall–Kier alpha value is -1.73. The molecule has 0 aromatic heterocycles. The number of rotatable bonds is 19. The number of amides is 1. The van der Waals surface area contributed by atoms with E-state index in [1.54, 1.807) is 7.11 Å². The maximum atomic E-state index is 11.9. The van der Waals surface area contributed by atoms with Gasteiger partial charge in [0, 0.05) is 20.1 Å². The number of hydrogen-bond donors (Lipinski definition) is 4. The van der Waals surface area contributed by atoms with Crippen molar-refractivity contribution in [2.24, 2.45) is 0 Å². The number of carbonyl (C=O) groups is 2. The number of carbonyl (C=O) groups excluding carboxylic acids is 2. The zero-order chi connectivity index (χ0) is 24.5. The van der Waals surface area contributed by atoms with Crippen molar-refractivity contribution >= 4 is 22.8 Å². The molecule has 0 saturated heterocycles. The lowest BCUT2D eigenvalue weighted by molar-refractivity contribution is -0.122. The molecule has 1 aromatic carbocycles. The molecule has 3 atom stereocenters. The molecule has 0 aliphatic carbocycles. The molecule has 1 amide bonds. The molecular weight excluding hydrogens is 452 g/mol. The van der Waals surface area contributed by atoms with Crippen LogP contribution in [0, 0.1) is 0 Å². The van der Waals surface area contributed by atoms with Gasteiger partial charge < -0.3 is 29.2 Å². The van der Waals surface area contributed by atoms with Gasteiger partial charge in [0.15, 0.2) is 11.1 Å². The minimum Gasteiger partial charge on any atom is -0.382 e. The molecule has 0 radical (unpaired) electrons. The molecule has 0 heterocycles. The van der Waals surface area contributed by atoms with Gasteiger partial charge in [-0.05, 0) is 43.9 Å². The summed E-state index contributed by atoms with van der Waals surface area (Å²) in [5, 5.41) is 16.0. The highest BCUT2D eigenvalue weighted by atomic mass is 32.2. The lowest BCUT2D eigenvalue weighted by Crippen LogP contribution is -2.38. The zero-order valence-corrected chi connectivity index (χ0v) is 20.1. The van der Waals surface area contributed by atoms with Crippen LogP contribution in [0.2, 0.25) is 0 Å². The Morgan fingerprint density at radius 2 is 1.67 bits per heavy atom. The van der Waals surface area contributed by atoms with Crippen molar-refractivity contribution in [2.75, 3.05) is 46.7 Å². The summed E-state index contributed by atoms with van der Waals surface area (Å²) < 4.78 is 35.5. The summed E-state index contributed by atoms with van der Waals surface area (Å²) in [6.07, 6.45) is 1.07. The summed E-state index contributed by atoms with van der Waals surface area (Å²) in [6.45, 7) is 4.20. The average Bonchev–Trinajstić information content (AvgIpc) is 2.79. The molecule has 0 aliphatic rings. The lowest BCUT2D eigenvalue weighted by atomic mass is 10.0. The molecule has 0 saturated carbocycles. The number of benzene rings is 1. The molecule has 10 nitrogen and oxygen atoms in total. The third kappa shape index (κ3) is 13.5. The highest BCUT2D eigenvalue weighted by Gasteiger charge is 2.18. The van der Waals surface area contributed by atoms with Crippen LogP contribution in [-0.4, -0.2) is 78.3 Å². The molecule has 4 N–H and O–H groups in total. The number of ketones is 1. The monoisotopic (exact) mass is 488 g/mol. The van der Waals surface area contributed by atoms with Crippen LogP contribution in [0.3, 0.4) is 0 Å². The third-order valence-electron chi connectivity index (χ3n) is 4.77. The molecule has 0 bridgehead atoms. The fourth-order valence-electron chi connectivity index (χ4n) is 2.88. The molecule has 1 aromatic rings. The number of methoxy groups -OCH3 is 1. The van der Waals surface area contributed by atoms with Crippen LogP contribution in [0.25, 0.3) is 0 Å². The quantitative estimate of drug-likeness (QED) is 0.128. The van der Waals surface area contributed by atoms with Crippen molar-refractivity contribution in [3.63, 3.8) is 0 Å². The van der Waals surface area contributed by atoms with E-state index in [-0.39, 0.29) is 23.0 Å². The van der Waals surface area contributed by atoms with Gasteiger partial charge in [-0.25, -0.2) is 4.21 Å².